The first-order chi connectivity index (χ1) is 18.9. The van der Waals surface area contributed by atoms with Gasteiger partial charge in [0, 0.05) is 94.5 Å². The van der Waals surface area contributed by atoms with Crippen molar-refractivity contribution in [3.05, 3.63) is 76.1 Å². The van der Waals surface area contributed by atoms with Crippen molar-refractivity contribution in [3.8, 4) is 0 Å². The molecule has 1 aromatic carbocycles. The minimum atomic E-state index is 0.134. The lowest BCUT2D eigenvalue weighted by Gasteiger charge is -2.41. The van der Waals surface area contributed by atoms with E-state index in [9.17, 15) is 0 Å². The fourth-order valence-electron chi connectivity index (χ4n) is 6.44. The average molecular weight is 546 g/mol. The van der Waals surface area contributed by atoms with E-state index in [1.165, 1.54) is 48.4 Å². The lowest BCUT2D eigenvalue weighted by atomic mass is 9.78. The molecule has 2 aromatic heterocycles. The van der Waals surface area contributed by atoms with Gasteiger partial charge in [0.05, 0.1) is 5.02 Å². The van der Waals surface area contributed by atoms with E-state index < -0.39 is 0 Å². The molecular formula is C31H40ClN7. The highest BCUT2D eigenvalue weighted by atomic mass is 35.5. The van der Waals surface area contributed by atoms with E-state index in [4.69, 9.17) is 16.6 Å². The topological polar surface area (TPSA) is 50.8 Å². The van der Waals surface area contributed by atoms with Crippen LogP contribution in [0.3, 0.4) is 0 Å². The summed E-state index contributed by atoms with van der Waals surface area (Å²) in [4.78, 5) is 19.2. The van der Waals surface area contributed by atoms with Gasteiger partial charge in [0.2, 0.25) is 0 Å². The highest BCUT2D eigenvalue weighted by Crippen LogP contribution is 2.36. The number of hydrogen-bond acceptors (Lipinski definition) is 7. The van der Waals surface area contributed by atoms with Crippen LogP contribution in [0.2, 0.25) is 5.02 Å². The molecule has 1 N–H and O–H groups in total. The fourth-order valence-corrected chi connectivity index (χ4v) is 6.68. The second kappa shape index (κ2) is 11.0. The Kier molecular flexibility index (Phi) is 7.51. The highest BCUT2D eigenvalue weighted by molar-refractivity contribution is 6.32. The molecule has 8 heteroatoms. The van der Waals surface area contributed by atoms with Crippen molar-refractivity contribution >= 4 is 28.9 Å². The van der Waals surface area contributed by atoms with Crippen LogP contribution in [0.5, 0.6) is 0 Å². The average Bonchev–Trinajstić information content (AvgIpc) is 2.92. The predicted molar refractivity (Wildman–Crippen MR) is 160 cm³/mol. The Labute approximate surface area is 237 Å². The van der Waals surface area contributed by atoms with Crippen LogP contribution in [0.25, 0.3) is 0 Å². The third-order valence-corrected chi connectivity index (χ3v) is 8.92. The lowest BCUT2D eigenvalue weighted by molar-refractivity contribution is 0.120. The van der Waals surface area contributed by atoms with Crippen LogP contribution in [0.1, 0.15) is 36.1 Å². The molecule has 0 unspecified atom stereocenters. The second-order valence-corrected chi connectivity index (χ2v) is 12.4. The first kappa shape index (κ1) is 26.5. The summed E-state index contributed by atoms with van der Waals surface area (Å²) in [5.41, 5.74) is 6.70. The number of benzene rings is 1. The van der Waals surface area contributed by atoms with Crippen molar-refractivity contribution in [2.75, 3.05) is 69.6 Å². The van der Waals surface area contributed by atoms with Crippen LogP contribution >= 0.6 is 11.6 Å². The zero-order chi connectivity index (χ0) is 27.0. The number of nitrogens with zero attached hydrogens (tertiary/aromatic N) is 6. The highest BCUT2D eigenvalue weighted by Gasteiger charge is 2.32. The van der Waals surface area contributed by atoms with Crippen LogP contribution in [0.4, 0.5) is 17.3 Å². The molecule has 0 radical (unpaired) electrons. The molecule has 0 spiro atoms. The molecule has 0 aliphatic carbocycles. The first-order valence-electron chi connectivity index (χ1n) is 14.2. The van der Waals surface area contributed by atoms with Crippen LogP contribution in [0.15, 0.2) is 48.8 Å². The Morgan fingerprint density at radius 1 is 0.897 bits per heavy atom. The zero-order valence-electron chi connectivity index (χ0n) is 23.5. The molecule has 5 heterocycles. The first-order valence-corrected chi connectivity index (χ1v) is 14.6. The maximum absolute atomic E-state index is 6.44. The minimum Gasteiger partial charge on any atom is -0.351 e. The van der Waals surface area contributed by atoms with Gasteiger partial charge < -0.3 is 15.1 Å². The van der Waals surface area contributed by atoms with E-state index in [1.807, 2.05) is 18.3 Å². The molecule has 39 heavy (non-hydrogen) atoms. The predicted octanol–water partition coefficient (Wildman–Crippen LogP) is 4.78. The van der Waals surface area contributed by atoms with Gasteiger partial charge in [-0.2, -0.15) is 0 Å². The van der Waals surface area contributed by atoms with Crippen molar-refractivity contribution in [2.45, 2.75) is 38.8 Å². The van der Waals surface area contributed by atoms with E-state index in [-0.39, 0.29) is 5.41 Å². The van der Waals surface area contributed by atoms with Crippen LogP contribution in [-0.2, 0) is 24.9 Å². The maximum Gasteiger partial charge on any atom is 0.147 e. The summed E-state index contributed by atoms with van der Waals surface area (Å²) in [6, 6.07) is 12.8. The molecule has 7 nitrogen and oxygen atoms in total. The Bertz CT molecular complexity index is 1320. The third kappa shape index (κ3) is 5.78. The monoisotopic (exact) mass is 545 g/mol. The number of anilines is 3. The van der Waals surface area contributed by atoms with Crippen molar-refractivity contribution in [1.82, 2.24) is 24.7 Å². The quantitative estimate of drug-likeness (QED) is 0.478. The minimum absolute atomic E-state index is 0.134. The molecule has 206 valence electrons. The van der Waals surface area contributed by atoms with Crippen molar-refractivity contribution < 1.29 is 0 Å². The number of likely N-dealkylation sites (N-methyl/N-ethyl adjacent to an activating group) is 1. The van der Waals surface area contributed by atoms with Gasteiger partial charge in [-0.05, 0) is 60.5 Å². The summed E-state index contributed by atoms with van der Waals surface area (Å²) in [7, 11) is 2.22. The van der Waals surface area contributed by atoms with Gasteiger partial charge in [0.25, 0.3) is 0 Å². The van der Waals surface area contributed by atoms with Crippen molar-refractivity contribution in [1.29, 1.82) is 0 Å². The number of hydrogen-bond donors (Lipinski definition) is 1. The summed E-state index contributed by atoms with van der Waals surface area (Å²) in [5, 5.41) is 4.37. The molecule has 0 saturated carbocycles. The molecule has 3 aliphatic heterocycles. The maximum atomic E-state index is 6.44. The fraction of sp³-hybridized carbons (Fsp3) is 0.484. The van der Waals surface area contributed by atoms with Gasteiger partial charge in [-0.15, -0.1) is 0 Å². The van der Waals surface area contributed by atoms with Crippen molar-refractivity contribution in [2.24, 2.45) is 0 Å². The smallest absolute Gasteiger partial charge is 0.147 e. The molecule has 1 saturated heterocycles. The lowest BCUT2D eigenvalue weighted by Crippen LogP contribution is -2.49. The van der Waals surface area contributed by atoms with E-state index in [0.717, 1.165) is 63.0 Å². The Hall–Kier alpha value is -2.71. The number of piperazine rings is 1. The number of halogens is 1. The standard InChI is InChI=1S/C31H40ClN7/c1-31(2)22-38(18-17-37-15-13-36(3)14-16-37)20-24-19-25(6-7-27(24)31)35-29-26-9-12-39(21-23(26)8-11-33-29)30-28(32)5-4-10-34-30/h4-8,10-11,19H,9,12-18,20-22H2,1-3H3,(H,33,35). The number of rotatable bonds is 6. The number of pyridine rings is 2. The molecule has 0 amide bonds. The summed E-state index contributed by atoms with van der Waals surface area (Å²) in [6.07, 6.45) is 4.62. The number of fused-ring (bicyclic) bond motifs is 2. The third-order valence-electron chi connectivity index (χ3n) is 8.62. The zero-order valence-corrected chi connectivity index (χ0v) is 24.2. The van der Waals surface area contributed by atoms with Gasteiger partial charge in [-0.25, -0.2) is 9.97 Å². The Morgan fingerprint density at radius 2 is 1.72 bits per heavy atom. The van der Waals surface area contributed by atoms with Gasteiger partial charge in [-0.3, -0.25) is 9.80 Å². The van der Waals surface area contributed by atoms with Gasteiger partial charge in [0.1, 0.15) is 11.6 Å². The van der Waals surface area contributed by atoms with Crippen LogP contribution in [-0.4, -0.2) is 84.1 Å². The van der Waals surface area contributed by atoms with E-state index in [2.05, 4.69) is 75.1 Å². The van der Waals surface area contributed by atoms with Crippen molar-refractivity contribution in [3.63, 3.8) is 0 Å². The SMILES string of the molecule is CN1CCN(CCN2Cc3cc(Nc4nccc5c4CCN(c4ncccc4Cl)C5)ccc3C(C)(C)C2)CC1. The molecule has 0 bridgehead atoms. The van der Waals surface area contributed by atoms with Gasteiger partial charge in [-0.1, -0.05) is 31.5 Å². The molecule has 1 fully saturated rings. The largest absolute Gasteiger partial charge is 0.351 e. The molecule has 3 aromatic rings. The Balaban J connectivity index is 1.16. The summed E-state index contributed by atoms with van der Waals surface area (Å²) >= 11 is 6.44. The van der Waals surface area contributed by atoms with E-state index >= 15 is 0 Å². The molecular weight excluding hydrogens is 506 g/mol. The summed E-state index contributed by atoms with van der Waals surface area (Å²) < 4.78 is 0. The molecule has 0 atom stereocenters. The number of nitrogens with one attached hydrogen (secondary N) is 1. The van der Waals surface area contributed by atoms with Crippen LogP contribution < -0.4 is 10.2 Å². The van der Waals surface area contributed by atoms with Crippen LogP contribution in [0, 0.1) is 0 Å². The van der Waals surface area contributed by atoms with E-state index in [0.29, 0.717) is 5.02 Å². The molecule has 6 rings (SSSR count). The normalized spacial score (nSPS) is 19.9. The van der Waals surface area contributed by atoms with Gasteiger partial charge >= 0.3 is 0 Å². The second-order valence-electron chi connectivity index (χ2n) is 12.0. The number of aromatic nitrogens is 2. The van der Waals surface area contributed by atoms with E-state index in [1.54, 1.807) is 6.20 Å². The summed E-state index contributed by atoms with van der Waals surface area (Å²) in [6.45, 7) is 15.5. The van der Waals surface area contributed by atoms with Gasteiger partial charge in [0.15, 0.2) is 0 Å². The Morgan fingerprint density at radius 3 is 2.54 bits per heavy atom. The molecule has 3 aliphatic rings. The summed E-state index contributed by atoms with van der Waals surface area (Å²) in [5.74, 6) is 1.81.